The number of hydrogen-bond donors (Lipinski definition) is 1. The summed E-state index contributed by atoms with van der Waals surface area (Å²) in [5.74, 6) is 0. The van der Waals surface area contributed by atoms with Crippen molar-refractivity contribution in [1.29, 1.82) is 0 Å². The second-order valence-electron chi connectivity index (χ2n) is 6.12. The van der Waals surface area contributed by atoms with Gasteiger partial charge in [-0.25, -0.2) is 4.79 Å². The van der Waals surface area contributed by atoms with Gasteiger partial charge in [0.2, 0.25) is 0 Å². The summed E-state index contributed by atoms with van der Waals surface area (Å²) >= 11 is 1.61. The molecule has 28 heavy (non-hydrogen) atoms. The lowest BCUT2D eigenvalue weighted by molar-refractivity contribution is -0.137. The van der Waals surface area contributed by atoms with Crippen molar-refractivity contribution in [3.8, 4) is 0 Å². The first-order chi connectivity index (χ1) is 13.4. The molecule has 0 saturated heterocycles. The number of carbonyl (C=O) groups excluding carboxylic acids is 1. The molecule has 1 N–H and O–H groups in total. The molecule has 0 fully saturated rings. The van der Waals surface area contributed by atoms with E-state index in [1.807, 2.05) is 23.6 Å². The second kappa shape index (κ2) is 8.88. The van der Waals surface area contributed by atoms with E-state index >= 15 is 0 Å². The van der Waals surface area contributed by atoms with Gasteiger partial charge in [-0.3, -0.25) is 4.98 Å². The number of amides is 2. The zero-order valence-electron chi connectivity index (χ0n) is 14.8. The van der Waals surface area contributed by atoms with Crippen LogP contribution in [0.2, 0.25) is 0 Å². The third-order valence-corrected chi connectivity index (χ3v) is 4.99. The lowest BCUT2D eigenvalue weighted by atomic mass is 10.2. The molecule has 0 spiro atoms. The van der Waals surface area contributed by atoms with E-state index < -0.39 is 11.7 Å². The van der Waals surface area contributed by atoms with Crippen LogP contribution >= 0.6 is 11.3 Å². The Bertz CT molecular complexity index is 881. The number of pyridine rings is 1. The van der Waals surface area contributed by atoms with Crippen molar-refractivity contribution in [2.75, 3.05) is 11.9 Å². The van der Waals surface area contributed by atoms with Gasteiger partial charge in [-0.1, -0.05) is 12.1 Å². The van der Waals surface area contributed by atoms with E-state index in [2.05, 4.69) is 10.3 Å². The number of benzene rings is 1. The molecule has 0 aliphatic carbocycles. The summed E-state index contributed by atoms with van der Waals surface area (Å²) in [5, 5.41) is 4.65. The van der Waals surface area contributed by atoms with Crippen LogP contribution in [0.15, 0.2) is 66.3 Å². The van der Waals surface area contributed by atoms with Crippen molar-refractivity contribution < 1.29 is 18.0 Å². The first kappa shape index (κ1) is 19.9. The van der Waals surface area contributed by atoms with Crippen molar-refractivity contribution in [1.82, 2.24) is 9.88 Å². The third-order valence-electron chi connectivity index (χ3n) is 4.06. The number of carbonyl (C=O) groups is 1. The molecule has 2 amide bonds. The molecular formula is C20H18F3N3OS. The molecule has 0 atom stereocenters. The Hall–Kier alpha value is -2.87. The maximum Gasteiger partial charge on any atom is 0.416 e. The van der Waals surface area contributed by atoms with E-state index in [0.717, 1.165) is 22.6 Å². The summed E-state index contributed by atoms with van der Waals surface area (Å²) in [7, 11) is 0. The smallest absolute Gasteiger partial charge is 0.320 e. The number of alkyl halides is 3. The van der Waals surface area contributed by atoms with E-state index in [9.17, 15) is 18.0 Å². The molecule has 0 unspecified atom stereocenters. The molecule has 2 aromatic heterocycles. The first-order valence-corrected chi connectivity index (χ1v) is 9.44. The van der Waals surface area contributed by atoms with Crippen molar-refractivity contribution in [2.45, 2.75) is 19.1 Å². The van der Waals surface area contributed by atoms with Crippen LogP contribution in [0, 0.1) is 0 Å². The molecule has 0 aliphatic heterocycles. The number of anilines is 1. The molecular weight excluding hydrogens is 387 g/mol. The van der Waals surface area contributed by atoms with Gasteiger partial charge >= 0.3 is 12.2 Å². The topological polar surface area (TPSA) is 45.2 Å². The van der Waals surface area contributed by atoms with Crippen molar-refractivity contribution >= 4 is 23.1 Å². The largest absolute Gasteiger partial charge is 0.416 e. The van der Waals surface area contributed by atoms with Gasteiger partial charge in [0, 0.05) is 36.0 Å². The van der Waals surface area contributed by atoms with E-state index in [-0.39, 0.29) is 6.03 Å². The van der Waals surface area contributed by atoms with Crippen LogP contribution in [0.25, 0.3) is 0 Å². The van der Waals surface area contributed by atoms with Crippen molar-refractivity contribution in [3.05, 3.63) is 82.3 Å². The van der Waals surface area contributed by atoms with Crippen LogP contribution in [-0.4, -0.2) is 22.5 Å². The van der Waals surface area contributed by atoms with Crippen LogP contribution in [-0.2, 0) is 19.1 Å². The van der Waals surface area contributed by atoms with Gasteiger partial charge in [-0.05, 0) is 53.8 Å². The molecule has 0 aliphatic rings. The van der Waals surface area contributed by atoms with Gasteiger partial charge in [0.15, 0.2) is 0 Å². The molecule has 8 heteroatoms. The molecule has 3 aromatic rings. The Balaban J connectivity index is 1.69. The number of thiophene rings is 1. The average Bonchev–Trinajstić information content (AvgIpc) is 3.19. The normalized spacial score (nSPS) is 11.2. The summed E-state index contributed by atoms with van der Waals surface area (Å²) in [6.07, 6.45) is -0.376. The van der Waals surface area contributed by atoms with Gasteiger partial charge in [0.05, 0.1) is 5.56 Å². The van der Waals surface area contributed by atoms with Crippen LogP contribution in [0.4, 0.5) is 23.7 Å². The van der Waals surface area contributed by atoms with Crippen LogP contribution in [0.1, 0.15) is 16.0 Å². The zero-order valence-corrected chi connectivity index (χ0v) is 15.6. The minimum atomic E-state index is -4.41. The summed E-state index contributed by atoms with van der Waals surface area (Å²) in [6, 6.07) is 11.6. The highest BCUT2D eigenvalue weighted by Crippen LogP contribution is 2.29. The minimum Gasteiger partial charge on any atom is -0.320 e. The number of hydrogen-bond acceptors (Lipinski definition) is 3. The Labute approximate surface area is 164 Å². The number of urea groups is 1. The summed E-state index contributed by atoms with van der Waals surface area (Å²) in [5.41, 5.74) is 0.428. The minimum absolute atomic E-state index is 0.310. The van der Waals surface area contributed by atoms with E-state index in [1.165, 1.54) is 12.1 Å². The number of aromatic nitrogens is 1. The maximum absolute atomic E-state index is 12.7. The molecule has 3 rings (SSSR count). The predicted octanol–water partition coefficient (Wildman–Crippen LogP) is 5.44. The Kier molecular flexibility index (Phi) is 6.30. The monoisotopic (exact) mass is 405 g/mol. The first-order valence-electron chi connectivity index (χ1n) is 8.56. The number of halogens is 3. The maximum atomic E-state index is 12.7. The molecule has 4 nitrogen and oxygen atoms in total. The van der Waals surface area contributed by atoms with Crippen molar-refractivity contribution in [2.24, 2.45) is 0 Å². The molecule has 0 radical (unpaired) electrons. The Morgan fingerprint density at radius 1 is 1.11 bits per heavy atom. The zero-order chi connectivity index (χ0) is 20.0. The molecule has 0 bridgehead atoms. The number of nitrogens with one attached hydrogen (secondary N) is 1. The lowest BCUT2D eigenvalue weighted by Gasteiger charge is -2.23. The van der Waals surface area contributed by atoms with E-state index in [4.69, 9.17) is 0 Å². The number of rotatable bonds is 6. The summed E-state index contributed by atoms with van der Waals surface area (Å²) in [6.45, 7) is 0.827. The fourth-order valence-corrected chi connectivity index (χ4v) is 3.31. The SMILES string of the molecule is O=C(Nc1ccc(C(F)(F)F)cc1)N(CCc1cccs1)Cc1cccnc1. The molecule has 0 saturated carbocycles. The Morgan fingerprint density at radius 2 is 1.89 bits per heavy atom. The van der Waals surface area contributed by atoms with Gasteiger partial charge in [0.1, 0.15) is 0 Å². The Morgan fingerprint density at radius 3 is 2.50 bits per heavy atom. The quantitative estimate of drug-likeness (QED) is 0.594. The van der Waals surface area contributed by atoms with Gasteiger partial charge in [-0.15, -0.1) is 11.3 Å². The van der Waals surface area contributed by atoms with Crippen LogP contribution < -0.4 is 5.32 Å². The van der Waals surface area contributed by atoms with E-state index in [0.29, 0.717) is 25.2 Å². The third kappa shape index (κ3) is 5.56. The van der Waals surface area contributed by atoms with E-state index in [1.54, 1.807) is 34.7 Å². The van der Waals surface area contributed by atoms with Gasteiger partial charge in [0.25, 0.3) is 0 Å². The van der Waals surface area contributed by atoms with Crippen LogP contribution in [0.5, 0.6) is 0 Å². The number of nitrogens with zero attached hydrogens (tertiary/aromatic N) is 2. The highest BCUT2D eigenvalue weighted by atomic mass is 32.1. The standard InChI is InChI=1S/C20H18F3N3OS/c21-20(22,23)16-5-7-17(8-6-16)25-19(27)26(11-9-18-4-2-12-28-18)14-15-3-1-10-24-13-15/h1-8,10,12-13H,9,11,14H2,(H,25,27). The van der Waals surface area contributed by atoms with Crippen molar-refractivity contribution in [3.63, 3.8) is 0 Å². The van der Waals surface area contributed by atoms with Crippen LogP contribution in [0.3, 0.4) is 0 Å². The fourth-order valence-electron chi connectivity index (χ4n) is 2.61. The highest BCUT2D eigenvalue weighted by molar-refractivity contribution is 7.09. The predicted molar refractivity (Wildman–Crippen MR) is 103 cm³/mol. The molecule has 2 heterocycles. The molecule has 146 valence electrons. The molecule has 1 aromatic carbocycles. The highest BCUT2D eigenvalue weighted by Gasteiger charge is 2.30. The van der Waals surface area contributed by atoms with Gasteiger partial charge < -0.3 is 10.2 Å². The summed E-state index contributed by atoms with van der Waals surface area (Å²) in [4.78, 5) is 19.6. The fraction of sp³-hybridized carbons (Fsp3) is 0.200. The van der Waals surface area contributed by atoms with Gasteiger partial charge in [-0.2, -0.15) is 13.2 Å². The lowest BCUT2D eigenvalue weighted by Crippen LogP contribution is -2.36. The average molecular weight is 405 g/mol. The summed E-state index contributed by atoms with van der Waals surface area (Å²) < 4.78 is 38.1. The second-order valence-corrected chi connectivity index (χ2v) is 7.15.